The molecule has 0 saturated heterocycles. The highest BCUT2D eigenvalue weighted by Gasteiger charge is 2.38. The van der Waals surface area contributed by atoms with Crippen molar-refractivity contribution >= 4 is 17.8 Å². The molecule has 1 aliphatic heterocycles. The molecular weight excluding hydrogens is 524 g/mol. The maximum atomic E-state index is 10.6. The molecule has 38 heavy (non-hydrogen) atoms. The Kier molecular flexibility index (Phi) is 10.1. The van der Waals surface area contributed by atoms with Crippen LogP contribution in [0.4, 0.5) is 32.2 Å². The average Bonchev–Trinajstić information content (AvgIpc) is 3.07. The van der Waals surface area contributed by atoms with E-state index in [4.69, 9.17) is 19.8 Å². The van der Waals surface area contributed by atoms with Gasteiger partial charge in [0.2, 0.25) is 0 Å². The van der Waals surface area contributed by atoms with Gasteiger partial charge >= 0.3 is 24.3 Å². The van der Waals surface area contributed by atoms with Crippen molar-refractivity contribution in [3.05, 3.63) is 66.0 Å². The van der Waals surface area contributed by atoms with Gasteiger partial charge in [0.25, 0.3) is 0 Å². The third kappa shape index (κ3) is 8.97. The number of fused-ring (bicyclic) bond motifs is 1. The number of aliphatic carboxylic acids is 2. The smallest absolute Gasteiger partial charge is 0.475 e. The Morgan fingerprint density at radius 1 is 0.895 bits per heavy atom. The van der Waals surface area contributed by atoms with Crippen LogP contribution in [0, 0.1) is 6.92 Å². The van der Waals surface area contributed by atoms with Crippen molar-refractivity contribution in [3.63, 3.8) is 0 Å². The summed E-state index contributed by atoms with van der Waals surface area (Å²) in [7, 11) is 0. The van der Waals surface area contributed by atoms with E-state index in [1.807, 2.05) is 25.3 Å². The zero-order valence-corrected chi connectivity index (χ0v) is 19.7. The van der Waals surface area contributed by atoms with Gasteiger partial charge in [-0.3, -0.25) is 4.98 Å². The van der Waals surface area contributed by atoms with E-state index < -0.39 is 24.3 Å². The van der Waals surface area contributed by atoms with Crippen LogP contribution in [0.1, 0.15) is 17.0 Å². The van der Waals surface area contributed by atoms with Crippen LogP contribution in [0.25, 0.3) is 11.3 Å². The molecule has 0 aliphatic carbocycles. The first-order chi connectivity index (χ1) is 17.7. The maximum Gasteiger partial charge on any atom is 0.490 e. The van der Waals surface area contributed by atoms with E-state index in [1.54, 1.807) is 12.5 Å². The Hall–Kier alpha value is -4.30. The van der Waals surface area contributed by atoms with Crippen molar-refractivity contribution in [2.75, 3.05) is 18.0 Å². The number of carbonyl (C=O) groups is 2. The van der Waals surface area contributed by atoms with Gasteiger partial charge in [0, 0.05) is 54.4 Å². The standard InChI is InChI=1S/C19H19N5.2C2HF3O2/c1-14-4-2-6-18(23-14)24-10-7-16-17(8-11-24)21-13-22-19(16)15-5-3-9-20-12-15;2*3-2(4,5)1(6)7/h2-6,9,12-13H,7-8,10-11H2,1H3;2*(H,6,7). The van der Waals surface area contributed by atoms with Gasteiger partial charge in [-0.05, 0) is 37.6 Å². The predicted molar refractivity (Wildman–Crippen MR) is 121 cm³/mol. The normalized spacial score (nSPS) is 13.1. The first-order valence-corrected chi connectivity index (χ1v) is 10.7. The van der Waals surface area contributed by atoms with Gasteiger partial charge in [-0.1, -0.05) is 6.07 Å². The summed E-state index contributed by atoms with van der Waals surface area (Å²) in [5.74, 6) is -4.47. The van der Waals surface area contributed by atoms with Crippen molar-refractivity contribution in [2.24, 2.45) is 0 Å². The second kappa shape index (κ2) is 12.8. The first kappa shape index (κ1) is 29.9. The van der Waals surface area contributed by atoms with E-state index >= 15 is 0 Å². The minimum absolute atomic E-state index is 0.904. The van der Waals surface area contributed by atoms with Crippen molar-refractivity contribution in [3.8, 4) is 11.3 Å². The zero-order valence-electron chi connectivity index (χ0n) is 19.7. The maximum absolute atomic E-state index is 10.6. The van der Waals surface area contributed by atoms with Crippen molar-refractivity contribution in [2.45, 2.75) is 32.1 Å². The predicted octanol–water partition coefficient (Wildman–Crippen LogP) is 4.11. The zero-order chi connectivity index (χ0) is 28.5. The first-order valence-electron chi connectivity index (χ1n) is 10.7. The van der Waals surface area contributed by atoms with Crippen LogP contribution in [0.5, 0.6) is 0 Å². The molecule has 0 radical (unpaired) electrons. The van der Waals surface area contributed by atoms with Crippen LogP contribution in [-0.2, 0) is 22.4 Å². The van der Waals surface area contributed by atoms with E-state index in [0.717, 1.165) is 54.4 Å². The quantitative estimate of drug-likeness (QED) is 0.457. The van der Waals surface area contributed by atoms with Gasteiger partial charge < -0.3 is 15.1 Å². The van der Waals surface area contributed by atoms with Crippen molar-refractivity contribution in [1.29, 1.82) is 0 Å². The van der Waals surface area contributed by atoms with Gasteiger partial charge in [-0.25, -0.2) is 24.5 Å². The molecule has 0 atom stereocenters. The molecule has 0 bridgehead atoms. The second-order valence-corrected chi connectivity index (χ2v) is 7.62. The average molecular weight is 545 g/mol. The Bertz CT molecular complexity index is 1210. The molecule has 0 amide bonds. The molecule has 3 aromatic rings. The number of carboxylic acid groups (broad SMARTS) is 2. The summed E-state index contributed by atoms with van der Waals surface area (Å²) in [5, 5.41) is 14.2. The number of hydrogen-bond acceptors (Lipinski definition) is 7. The van der Waals surface area contributed by atoms with Crippen LogP contribution in [0.3, 0.4) is 0 Å². The largest absolute Gasteiger partial charge is 0.490 e. The number of carboxylic acids is 2. The van der Waals surface area contributed by atoms with E-state index in [0.29, 0.717) is 0 Å². The minimum Gasteiger partial charge on any atom is -0.475 e. The highest BCUT2D eigenvalue weighted by atomic mass is 19.4. The lowest BCUT2D eigenvalue weighted by Gasteiger charge is -2.21. The SMILES string of the molecule is Cc1cccc(N2CCc3ncnc(-c4cccnc4)c3CC2)n1.O=C(O)C(F)(F)F.O=C(O)C(F)(F)F. The second-order valence-electron chi connectivity index (χ2n) is 7.62. The topological polar surface area (TPSA) is 129 Å². The Morgan fingerprint density at radius 2 is 1.50 bits per heavy atom. The van der Waals surface area contributed by atoms with Gasteiger partial charge in [0.1, 0.15) is 12.1 Å². The van der Waals surface area contributed by atoms with Crippen LogP contribution >= 0.6 is 0 Å². The van der Waals surface area contributed by atoms with E-state index in [9.17, 15) is 26.3 Å². The summed E-state index contributed by atoms with van der Waals surface area (Å²) in [6.07, 6.45) is -3.03. The number of halogens is 6. The molecule has 3 aromatic heterocycles. The Labute approximate surface area is 211 Å². The fourth-order valence-electron chi connectivity index (χ4n) is 3.21. The summed E-state index contributed by atoms with van der Waals surface area (Å²) < 4.78 is 63.5. The molecule has 15 heteroatoms. The number of nitrogens with zero attached hydrogens (tertiary/aromatic N) is 5. The van der Waals surface area contributed by atoms with Crippen LogP contribution in [0.2, 0.25) is 0 Å². The van der Waals surface area contributed by atoms with Gasteiger partial charge in [0.15, 0.2) is 0 Å². The van der Waals surface area contributed by atoms with E-state index in [-0.39, 0.29) is 0 Å². The van der Waals surface area contributed by atoms with E-state index in [2.05, 4.69) is 43.0 Å². The minimum atomic E-state index is -5.08. The molecule has 9 nitrogen and oxygen atoms in total. The number of alkyl halides is 6. The number of aromatic nitrogens is 4. The van der Waals surface area contributed by atoms with Crippen LogP contribution in [0.15, 0.2) is 49.1 Å². The summed E-state index contributed by atoms with van der Waals surface area (Å²) in [6.45, 7) is 3.87. The Balaban J connectivity index is 0.000000301. The highest BCUT2D eigenvalue weighted by molar-refractivity contribution is 5.73. The lowest BCUT2D eigenvalue weighted by molar-refractivity contribution is -0.193. The molecule has 4 rings (SSSR count). The lowest BCUT2D eigenvalue weighted by Crippen LogP contribution is -2.27. The van der Waals surface area contributed by atoms with Gasteiger partial charge in [-0.2, -0.15) is 26.3 Å². The third-order valence-corrected chi connectivity index (χ3v) is 4.90. The summed E-state index contributed by atoms with van der Waals surface area (Å²) in [5.41, 5.74) is 5.48. The monoisotopic (exact) mass is 545 g/mol. The fraction of sp³-hybridized carbons (Fsp3) is 0.304. The van der Waals surface area contributed by atoms with Gasteiger partial charge in [0.05, 0.1) is 5.69 Å². The lowest BCUT2D eigenvalue weighted by atomic mass is 10.0. The summed E-state index contributed by atoms with van der Waals surface area (Å²) in [4.78, 5) is 38.1. The number of aryl methyl sites for hydroxylation is 1. The number of anilines is 1. The van der Waals surface area contributed by atoms with Crippen LogP contribution < -0.4 is 4.90 Å². The number of rotatable bonds is 2. The molecule has 1 aliphatic rings. The molecule has 0 aromatic carbocycles. The van der Waals surface area contributed by atoms with Crippen molar-refractivity contribution in [1.82, 2.24) is 19.9 Å². The summed E-state index contributed by atoms with van der Waals surface area (Å²) >= 11 is 0. The van der Waals surface area contributed by atoms with E-state index in [1.165, 1.54) is 5.56 Å². The van der Waals surface area contributed by atoms with Crippen molar-refractivity contribution < 1.29 is 46.1 Å². The Morgan fingerprint density at radius 3 is 2.03 bits per heavy atom. The number of hydrogen-bond donors (Lipinski definition) is 2. The van der Waals surface area contributed by atoms with Gasteiger partial charge in [-0.15, -0.1) is 0 Å². The summed E-state index contributed by atoms with van der Waals surface area (Å²) in [6, 6.07) is 10.2. The fourth-order valence-corrected chi connectivity index (χ4v) is 3.21. The highest BCUT2D eigenvalue weighted by Crippen LogP contribution is 2.26. The molecule has 204 valence electrons. The molecular formula is C23H21F6N5O4. The molecule has 0 spiro atoms. The molecule has 4 heterocycles. The number of pyridine rings is 2. The van der Waals surface area contributed by atoms with Crippen LogP contribution in [-0.4, -0.2) is 67.5 Å². The third-order valence-electron chi connectivity index (χ3n) is 4.90. The molecule has 0 unspecified atom stereocenters. The molecule has 0 saturated carbocycles. The molecule has 0 fully saturated rings. The molecule has 2 N–H and O–H groups in total.